The van der Waals surface area contributed by atoms with Gasteiger partial charge >= 0.3 is 5.97 Å². The summed E-state index contributed by atoms with van der Waals surface area (Å²) in [4.78, 5) is 14.7. The molecule has 0 aromatic carbocycles. The van der Waals surface area contributed by atoms with Gasteiger partial charge in [0.2, 0.25) is 0 Å². The van der Waals surface area contributed by atoms with E-state index in [0.29, 0.717) is 0 Å². The highest BCUT2D eigenvalue weighted by molar-refractivity contribution is 5.81. The largest absolute Gasteiger partial charge is 0.468 e. The molecule has 3 unspecified atom stereocenters. The monoisotopic (exact) mass is 296 g/mol. The summed E-state index contributed by atoms with van der Waals surface area (Å²) < 4.78 is 4.94. The van der Waals surface area contributed by atoms with Crippen LogP contribution in [0, 0.1) is 5.92 Å². The normalized spacial score (nSPS) is 34.6. The highest BCUT2D eigenvalue weighted by Gasteiger charge is 2.46. The van der Waals surface area contributed by atoms with Crippen LogP contribution in [0.4, 0.5) is 0 Å². The molecule has 1 aliphatic carbocycles. The van der Waals surface area contributed by atoms with Crippen molar-refractivity contribution in [1.82, 2.24) is 4.90 Å². The van der Waals surface area contributed by atoms with Crippen molar-refractivity contribution in [3.05, 3.63) is 0 Å². The van der Waals surface area contributed by atoms with Gasteiger partial charge in [-0.25, -0.2) is 0 Å². The highest BCUT2D eigenvalue weighted by Crippen LogP contribution is 2.37. The third-order valence-corrected chi connectivity index (χ3v) is 5.67. The second-order valence-electron chi connectivity index (χ2n) is 6.86. The fraction of sp³-hybridized carbons (Fsp3) is 0.941. The Labute approximate surface area is 129 Å². The molecule has 4 heteroatoms. The second-order valence-corrected chi connectivity index (χ2v) is 6.86. The van der Waals surface area contributed by atoms with E-state index in [9.17, 15) is 4.79 Å². The lowest BCUT2D eigenvalue weighted by molar-refractivity contribution is -0.148. The van der Waals surface area contributed by atoms with Crippen molar-refractivity contribution in [1.29, 1.82) is 0 Å². The molecule has 0 amide bonds. The van der Waals surface area contributed by atoms with Crippen LogP contribution in [0.15, 0.2) is 0 Å². The molecule has 21 heavy (non-hydrogen) atoms. The molecule has 0 aromatic rings. The molecule has 1 saturated heterocycles. The van der Waals surface area contributed by atoms with E-state index in [2.05, 4.69) is 11.8 Å². The Kier molecular flexibility index (Phi) is 6.06. The maximum Gasteiger partial charge on any atom is 0.326 e. The first-order valence-corrected chi connectivity index (χ1v) is 8.73. The molecule has 2 aliphatic rings. The number of rotatable bonds is 5. The van der Waals surface area contributed by atoms with Crippen LogP contribution in [0.3, 0.4) is 0 Å². The predicted molar refractivity (Wildman–Crippen MR) is 85.0 cm³/mol. The van der Waals surface area contributed by atoms with Crippen molar-refractivity contribution in [2.45, 2.75) is 76.3 Å². The van der Waals surface area contributed by atoms with Crippen molar-refractivity contribution >= 4 is 5.97 Å². The number of esters is 1. The van der Waals surface area contributed by atoms with E-state index in [1.165, 1.54) is 45.8 Å². The van der Waals surface area contributed by atoms with Gasteiger partial charge in [0.1, 0.15) is 5.54 Å². The van der Waals surface area contributed by atoms with Gasteiger partial charge in [-0.05, 0) is 57.5 Å². The summed E-state index contributed by atoms with van der Waals surface area (Å²) in [5, 5.41) is 0. The number of methoxy groups -OCH3 is 1. The standard InChI is InChI=1S/C17H32N2O2/c1-3-15-9-5-4-6-12-19(15)13-10-14-8-7-11-17(14,18)16(20)21-2/h14-15H,3-13,18H2,1-2H3. The topological polar surface area (TPSA) is 55.6 Å². The van der Waals surface area contributed by atoms with E-state index in [1.807, 2.05) is 0 Å². The number of hydrogen-bond acceptors (Lipinski definition) is 4. The molecular weight excluding hydrogens is 264 g/mol. The molecule has 1 aliphatic heterocycles. The smallest absolute Gasteiger partial charge is 0.326 e. The maximum atomic E-state index is 12.0. The predicted octanol–water partition coefficient (Wildman–Crippen LogP) is 2.70. The van der Waals surface area contributed by atoms with E-state index >= 15 is 0 Å². The Morgan fingerprint density at radius 3 is 2.81 bits per heavy atom. The zero-order chi connectivity index (χ0) is 15.3. The zero-order valence-electron chi connectivity index (χ0n) is 13.8. The molecule has 1 saturated carbocycles. The van der Waals surface area contributed by atoms with Gasteiger partial charge < -0.3 is 15.4 Å². The Hall–Kier alpha value is -0.610. The molecule has 0 bridgehead atoms. The van der Waals surface area contributed by atoms with Gasteiger partial charge in [-0.2, -0.15) is 0 Å². The average Bonchev–Trinajstić information content (AvgIpc) is 2.74. The Balaban J connectivity index is 1.93. The van der Waals surface area contributed by atoms with Gasteiger partial charge in [0.25, 0.3) is 0 Å². The van der Waals surface area contributed by atoms with Crippen molar-refractivity contribution in [2.24, 2.45) is 11.7 Å². The van der Waals surface area contributed by atoms with Crippen molar-refractivity contribution in [2.75, 3.05) is 20.2 Å². The van der Waals surface area contributed by atoms with Gasteiger partial charge in [0.15, 0.2) is 0 Å². The van der Waals surface area contributed by atoms with Gasteiger partial charge in [-0.1, -0.05) is 26.2 Å². The van der Waals surface area contributed by atoms with Gasteiger partial charge in [-0.15, -0.1) is 0 Å². The van der Waals surface area contributed by atoms with Crippen LogP contribution in [0.25, 0.3) is 0 Å². The van der Waals surface area contributed by atoms with Crippen LogP contribution in [-0.2, 0) is 9.53 Å². The molecule has 1 heterocycles. The Morgan fingerprint density at radius 1 is 1.29 bits per heavy atom. The van der Waals surface area contributed by atoms with E-state index < -0.39 is 5.54 Å². The number of nitrogens with two attached hydrogens (primary N) is 1. The minimum absolute atomic E-state index is 0.215. The second kappa shape index (κ2) is 7.59. The molecule has 2 N–H and O–H groups in total. The number of nitrogens with zero attached hydrogens (tertiary/aromatic N) is 1. The molecule has 122 valence electrons. The van der Waals surface area contributed by atoms with Crippen molar-refractivity contribution in [3.63, 3.8) is 0 Å². The summed E-state index contributed by atoms with van der Waals surface area (Å²) in [6.45, 7) is 4.58. The third-order valence-electron chi connectivity index (χ3n) is 5.67. The number of carbonyl (C=O) groups excluding carboxylic acids is 1. The van der Waals surface area contributed by atoms with E-state index in [4.69, 9.17) is 10.5 Å². The first-order valence-electron chi connectivity index (χ1n) is 8.73. The van der Waals surface area contributed by atoms with Crippen molar-refractivity contribution in [3.8, 4) is 0 Å². The number of ether oxygens (including phenoxy) is 1. The van der Waals surface area contributed by atoms with Crippen LogP contribution < -0.4 is 5.73 Å². The molecule has 2 rings (SSSR count). The summed E-state index contributed by atoms with van der Waals surface area (Å²) in [6, 6.07) is 0.721. The third kappa shape index (κ3) is 3.78. The first-order chi connectivity index (χ1) is 10.1. The zero-order valence-corrected chi connectivity index (χ0v) is 13.8. The minimum atomic E-state index is -0.734. The van der Waals surface area contributed by atoms with Crippen LogP contribution in [0.5, 0.6) is 0 Å². The van der Waals surface area contributed by atoms with E-state index in [1.54, 1.807) is 0 Å². The summed E-state index contributed by atoms with van der Waals surface area (Å²) >= 11 is 0. The molecular formula is C17H32N2O2. The van der Waals surface area contributed by atoms with Crippen LogP contribution in [0.1, 0.15) is 64.7 Å². The lowest BCUT2D eigenvalue weighted by atomic mass is 9.85. The summed E-state index contributed by atoms with van der Waals surface area (Å²) in [5.74, 6) is 0.0682. The lowest BCUT2D eigenvalue weighted by Crippen LogP contribution is -2.52. The lowest BCUT2D eigenvalue weighted by Gasteiger charge is -2.33. The summed E-state index contributed by atoms with van der Waals surface area (Å²) in [5.41, 5.74) is 5.64. The van der Waals surface area contributed by atoms with Crippen LogP contribution >= 0.6 is 0 Å². The molecule has 0 aromatic heterocycles. The quantitative estimate of drug-likeness (QED) is 0.793. The van der Waals surface area contributed by atoms with E-state index in [-0.39, 0.29) is 11.9 Å². The fourth-order valence-electron chi connectivity index (χ4n) is 4.28. The number of likely N-dealkylation sites (tertiary alicyclic amines) is 1. The van der Waals surface area contributed by atoms with Crippen molar-refractivity contribution < 1.29 is 9.53 Å². The molecule has 2 fully saturated rings. The Morgan fingerprint density at radius 2 is 2.10 bits per heavy atom. The van der Waals surface area contributed by atoms with Gasteiger partial charge in [-0.3, -0.25) is 4.79 Å². The van der Waals surface area contributed by atoms with Crippen LogP contribution in [-0.4, -0.2) is 42.6 Å². The SMILES string of the molecule is CCC1CCCCCN1CCC1CCCC1(N)C(=O)OC. The van der Waals surface area contributed by atoms with E-state index in [0.717, 1.165) is 38.3 Å². The molecule has 3 atom stereocenters. The summed E-state index contributed by atoms with van der Waals surface area (Å²) in [7, 11) is 1.45. The highest BCUT2D eigenvalue weighted by atomic mass is 16.5. The molecule has 4 nitrogen and oxygen atoms in total. The maximum absolute atomic E-state index is 12.0. The Bertz CT molecular complexity index is 348. The average molecular weight is 296 g/mol. The number of hydrogen-bond donors (Lipinski definition) is 1. The van der Waals surface area contributed by atoms with Crippen LogP contribution in [0.2, 0.25) is 0 Å². The first kappa shape index (κ1) is 16.8. The minimum Gasteiger partial charge on any atom is -0.468 e. The molecule has 0 radical (unpaired) electrons. The van der Waals surface area contributed by atoms with Gasteiger partial charge in [0.05, 0.1) is 7.11 Å². The van der Waals surface area contributed by atoms with Gasteiger partial charge in [0, 0.05) is 6.04 Å². The number of carbonyl (C=O) groups is 1. The fourth-order valence-corrected chi connectivity index (χ4v) is 4.28. The summed E-state index contributed by atoms with van der Waals surface area (Å²) in [6.07, 6.45) is 10.5. The molecule has 0 spiro atoms.